The molecule has 31 heavy (non-hydrogen) atoms. The molecule has 0 radical (unpaired) electrons. The molecule has 0 amide bonds. The second-order valence-electron chi connectivity index (χ2n) is 8.58. The zero-order valence-electron chi connectivity index (χ0n) is 18.8. The van der Waals surface area contributed by atoms with Crippen LogP contribution in [0.5, 0.6) is 5.75 Å². The van der Waals surface area contributed by atoms with Gasteiger partial charge in [-0.05, 0) is 98.8 Å². The highest BCUT2D eigenvalue weighted by Gasteiger charge is 2.36. The van der Waals surface area contributed by atoms with E-state index in [2.05, 4.69) is 64.1 Å². The summed E-state index contributed by atoms with van der Waals surface area (Å²) in [5.41, 5.74) is 1.65. The molecule has 2 atom stereocenters. The van der Waals surface area contributed by atoms with E-state index in [0.717, 1.165) is 39.5 Å². The van der Waals surface area contributed by atoms with Gasteiger partial charge in [-0.1, -0.05) is 26.0 Å². The lowest BCUT2D eigenvalue weighted by Gasteiger charge is -2.30. The van der Waals surface area contributed by atoms with Gasteiger partial charge in [-0.15, -0.1) is 0 Å². The fraction of sp³-hybridized carbons (Fsp3) is 0.417. The minimum atomic E-state index is -0.255. The van der Waals surface area contributed by atoms with Crippen molar-refractivity contribution in [3.05, 3.63) is 52.1 Å². The predicted molar refractivity (Wildman–Crippen MR) is 143 cm³/mol. The summed E-state index contributed by atoms with van der Waals surface area (Å²) >= 11 is 8.15. The van der Waals surface area contributed by atoms with E-state index in [-0.39, 0.29) is 17.7 Å². The van der Waals surface area contributed by atoms with E-state index in [4.69, 9.17) is 21.9 Å². The smallest absolute Gasteiger partial charge is 0.205 e. The average molecular weight is 551 g/mol. The Hall–Kier alpha value is -1.87. The molecule has 1 heterocycles. The first-order valence-corrected chi connectivity index (χ1v) is 12.2. The Bertz CT molecular complexity index is 957. The normalized spacial score (nSPS) is 18.5. The van der Waals surface area contributed by atoms with Gasteiger partial charge >= 0.3 is 0 Å². The van der Waals surface area contributed by atoms with Gasteiger partial charge in [0.15, 0.2) is 5.11 Å². The van der Waals surface area contributed by atoms with Gasteiger partial charge in [-0.25, -0.2) is 4.99 Å². The van der Waals surface area contributed by atoms with Crippen molar-refractivity contribution in [3.63, 3.8) is 0 Å². The predicted octanol–water partition coefficient (Wildman–Crippen LogP) is 6.51. The number of guanidine groups is 1. The Morgan fingerprint density at radius 1 is 1.10 bits per heavy atom. The highest BCUT2D eigenvalue weighted by Crippen LogP contribution is 2.27. The van der Waals surface area contributed by atoms with E-state index in [1.54, 1.807) is 0 Å². The molecule has 0 aliphatic carbocycles. The van der Waals surface area contributed by atoms with Crippen LogP contribution in [-0.2, 0) is 0 Å². The van der Waals surface area contributed by atoms with Gasteiger partial charge in [0, 0.05) is 21.0 Å². The molecule has 0 bridgehead atoms. The van der Waals surface area contributed by atoms with Crippen molar-refractivity contribution in [2.45, 2.75) is 65.1 Å². The van der Waals surface area contributed by atoms with E-state index in [0.29, 0.717) is 5.11 Å². The highest BCUT2D eigenvalue weighted by molar-refractivity contribution is 14.1. The van der Waals surface area contributed by atoms with E-state index in [1.807, 2.05) is 57.2 Å². The van der Waals surface area contributed by atoms with Crippen LogP contribution in [0.3, 0.4) is 0 Å². The molecule has 2 aromatic rings. The van der Waals surface area contributed by atoms with Crippen molar-refractivity contribution in [2.24, 2.45) is 4.99 Å². The maximum absolute atomic E-state index is 6.02. The molecule has 1 aliphatic heterocycles. The number of aliphatic imine (C=N–C) groups is 1. The van der Waals surface area contributed by atoms with Gasteiger partial charge in [-0.3, -0.25) is 4.90 Å². The molecule has 166 valence electrons. The summed E-state index contributed by atoms with van der Waals surface area (Å²) < 4.78 is 7.18. The molecule has 2 aromatic carbocycles. The minimum Gasteiger partial charge on any atom is -0.488 e. The largest absolute Gasteiger partial charge is 0.488 e. The van der Waals surface area contributed by atoms with Crippen LogP contribution in [0.25, 0.3) is 0 Å². The van der Waals surface area contributed by atoms with Crippen molar-refractivity contribution in [1.82, 2.24) is 4.90 Å². The molecule has 0 spiro atoms. The standard InChI is InChI=1S/C24H31IN4OS/c1-6-20-21(7-2)29(23(31)27-17-11-8-10-16(25)14-17)22(28-20)26-18-12-9-13-19(15-18)30-24(3,4)5/h8-15,20-21H,6-7H2,1-5H3,(H,26,28)(H,27,31). The molecule has 0 aromatic heterocycles. The van der Waals surface area contributed by atoms with Gasteiger partial charge in [0.05, 0.1) is 12.1 Å². The first-order chi connectivity index (χ1) is 14.7. The van der Waals surface area contributed by atoms with Gasteiger partial charge in [0.2, 0.25) is 5.96 Å². The van der Waals surface area contributed by atoms with Crippen molar-refractivity contribution in [1.29, 1.82) is 0 Å². The third-order valence-electron chi connectivity index (χ3n) is 4.94. The Morgan fingerprint density at radius 2 is 1.81 bits per heavy atom. The van der Waals surface area contributed by atoms with E-state index >= 15 is 0 Å². The lowest BCUT2D eigenvalue weighted by molar-refractivity contribution is 0.131. The van der Waals surface area contributed by atoms with Crippen molar-refractivity contribution < 1.29 is 4.74 Å². The Kier molecular flexibility index (Phi) is 7.80. The molecule has 7 heteroatoms. The quantitative estimate of drug-likeness (QED) is 0.329. The fourth-order valence-electron chi connectivity index (χ4n) is 3.66. The van der Waals surface area contributed by atoms with Crippen LogP contribution >= 0.6 is 34.8 Å². The molecule has 0 saturated carbocycles. The van der Waals surface area contributed by atoms with Crippen LogP contribution in [0, 0.1) is 3.57 Å². The van der Waals surface area contributed by atoms with Gasteiger partial charge in [-0.2, -0.15) is 0 Å². The lowest BCUT2D eigenvalue weighted by Crippen LogP contribution is -2.47. The Morgan fingerprint density at radius 3 is 2.45 bits per heavy atom. The number of hydrogen-bond acceptors (Lipinski definition) is 4. The zero-order chi connectivity index (χ0) is 22.6. The number of rotatable bonds is 5. The molecule has 0 fully saturated rings. The number of hydrogen-bond donors (Lipinski definition) is 2. The van der Waals surface area contributed by atoms with Crippen LogP contribution in [0.15, 0.2) is 53.5 Å². The Labute approximate surface area is 204 Å². The first-order valence-electron chi connectivity index (χ1n) is 10.7. The maximum Gasteiger partial charge on any atom is 0.205 e. The number of anilines is 2. The molecule has 2 N–H and O–H groups in total. The van der Waals surface area contributed by atoms with E-state index in [9.17, 15) is 0 Å². The van der Waals surface area contributed by atoms with Crippen LogP contribution in [0.4, 0.5) is 11.4 Å². The molecule has 5 nitrogen and oxygen atoms in total. The zero-order valence-corrected chi connectivity index (χ0v) is 21.8. The van der Waals surface area contributed by atoms with Crippen molar-refractivity contribution in [2.75, 3.05) is 10.6 Å². The first kappa shape index (κ1) is 23.8. The molecule has 2 unspecified atom stereocenters. The van der Waals surface area contributed by atoms with Gasteiger partial charge < -0.3 is 15.4 Å². The van der Waals surface area contributed by atoms with Gasteiger partial charge in [0.25, 0.3) is 0 Å². The molecular weight excluding hydrogens is 519 g/mol. The third-order valence-corrected chi connectivity index (χ3v) is 5.91. The number of nitrogens with one attached hydrogen (secondary N) is 2. The number of thiocarbonyl (C=S) groups is 1. The highest BCUT2D eigenvalue weighted by atomic mass is 127. The van der Waals surface area contributed by atoms with Crippen LogP contribution in [0.1, 0.15) is 47.5 Å². The van der Waals surface area contributed by atoms with Gasteiger partial charge in [0.1, 0.15) is 11.4 Å². The number of nitrogens with zero attached hydrogens (tertiary/aromatic N) is 2. The summed E-state index contributed by atoms with van der Waals surface area (Å²) in [6.45, 7) is 10.5. The lowest BCUT2D eigenvalue weighted by atomic mass is 10.0. The molecular formula is C24H31IN4OS. The summed E-state index contributed by atoms with van der Waals surface area (Å²) in [6, 6.07) is 16.6. The monoisotopic (exact) mass is 550 g/mol. The summed E-state index contributed by atoms with van der Waals surface area (Å²) in [7, 11) is 0. The second kappa shape index (κ2) is 10.2. The maximum atomic E-state index is 6.02. The fourth-order valence-corrected chi connectivity index (χ4v) is 4.54. The van der Waals surface area contributed by atoms with Crippen LogP contribution in [-0.4, -0.2) is 33.7 Å². The van der Waals surface area contributed by atoms with E-state index in [1.165, 1.54) is 0 Å². The van der Waals surface area contributed by atoms with E-state index < -0.39 is 0 Å². The van der Waals surface area contributed by atoms with Crippen molar-refractivity contribution in [3.8, 4) is 5.75 Å². The Balaban J connectivity index is 1.84. The summed E-state index contributed by atoms with van der Waals surface area (Å²) in [5, 5.41) is 7.54. The van der Waals surface area contributed by atoms with Crippen molar-refractivity contribution >= 4 is 57.3 Å². The third kappa shape index (κ3) is 6.32. The number of ether oxygens (including phenoxy) is 1. The number of benzene rings is 2. The summed E-state index contributed by atoms with van der Waals surface area (Å²) in [4.78, 5) is 7.11. The van der Waals surface area contributed by atoms with Crippen LogP contribution < -0.4 is 15.4 Å². The van der Waals surface area contributed by atoms with Crippen LogP contribution in [0.2, 0.25) is 0 Å². The molecule has 0 saturated heterocycles. The number of halogens is 1. The topological polar surface area (TPSA) is 48.9 Å². The second-order valence-corrected chi connectivity index (χ2v) is 10.2. The summed E-state index contributed by atoms with van der Waals surface area (Å²) in [5.74, 6) is 1.59. The SMILES string of the molecule is CCC1N=C(Nc2cccc(OC(C)(C)C)c2)N(C(=S)Nc2cccc(I)c2)C1CC. The molecule has 3 rings (SSSR count). The molecule has 1 aliphatic rings. The minimum absolute atomic E-state index is 0.192. The summed E-state index contributed by atoms with van der Waals surface area (Å²) in [6.07, 6.45) is 1.91. The average Bonchev–Trinajstić information content (AvgIpc) is 3.04.